The minimum absolute atomic E-state index is 0.0301. The third-order valence-electron chi connectivity index (χ3n) is 3.39. The molecule has 1 atom stereocenters. The Balaban J connectivity index is 2.31. The van der Waals surface area contributed by atoms with E-state index in [4.69, 9.17) is 11.6 Å². The predicted octanol–water partition coefficient (Wildman–Crippen LogP) is 1.64. The zero-order valence-electron chi connectivity index (χ0n) is 11.4. The van der Waals surface area contributed by atoms with Gasteiger partial charge >= 0.3 is 16.2 Å². The Morgan fingerprint density at radius 2 is 2.24 bits per heavy atom. The van der Waals surface area contributed by atoms with Crippen LogP contribution < -0.4 is 4.72 Å². The number of halogens is 1. The molecule has 0 amide bonds. The Morgan fingerprint density at radius 3 is 2.86 bits per heavy atom. The molecule has 0 spiro atoms. The van der Waals surface area contributed by atoms with Crippen molar-refractivity contribution in [3.05, 3.63) is 23.0 Å². The van der Waals surface area contributed by atoms with Crippen molar-refractivity contribution in [2.75, 3.05) is 11.3 Å². The molecule has 7 nitrogen and oxygen atoms in total. The van der Waals surface area contributed by atoms with Crippen LogP contribution in [-0.4, -0.2) is 41.4 Å². The largest absolute Gasteiger partial charge is 0.480 e. The maximum absolute atomic E-state index is 12.4. The molecule has 116 valence electrons. The number of anilines is 1. The van der Waals surface area contributed by atoms with Gasteiger partial charge in [-0.1, -0.05) is 11.6 Å². The molecule has 0 saturated carbocycles. The molecule has 1 aromatic heterocycles. The molecule has 1 fully saturated rings. The van der Waals surface area contributed by atoms with E-state index in [9.17, 15) is 18.3 Å². The van der Waals surface area contributed by atoms with Crippen molar-refractivity contribution >= 4 is 33.5 Å². The number of nitrogens with zero attached hydrogens (tertiary/aromatic N) is 2. The SMILES string of the molecule is Cc1ccnc(Cl)c1NS(=O)(=O)N1CCCCC1C(=O)O. The van der Waals surface area contributed by atoms with Gasteiger partial charge < -0.3 is 5.11 Å². The van der Waals surface area contributed by atoms with Crippen molar-refractivity contribution in [3.63, 3.8) is 0 Å². The van der Waals surface area contributed by atoms with Crippen molar-refractivity contribution in [1.82, 2.24) is 9.29 Å². The minimum atomic E-state index is -4.00. The van der Waals surface area contributed by atoms with Crippen LogP contribution in [0.1, 0.15) is 24.8 Å². The molecule has 1 aliphatic heterocycles. The maximum Gasteiger partial charge on any atom is 0.322 e. The fraction of sp³-hybridized carbons (Fsp3) is 0.500. The highest BCUT2D eigenvalue weighted by molar-refractivity contribution is 7.90. The van der Waals surface area contributed by atoms with Gasteiger partial charge in [-0.2, -0.15) is 12.7 Å². The Morgan fingerprint density at radius 1 is 1.52 bits per heavy atom. The topological polar surface area (TPSA) is 99.6 Å². The number of hydrogen-bond donors (Lipinski definition) is 2. The molecular formula is C12H16ClN3O4S. The van der Waals surface area contributed by atoms with Crippen molar-refractivity contribution in [2.24, 2.45) is 0 Å². The molecule has 1 aromatic rings. The summed E-state index contributed by atoms with van der Waals surface area (Å²) in [6.07, 6.45) is 3.09. The summed E-state index contributed by atoms with van der Waals surface area (Å²) in [6.45, 7) is 1.86. The van der Waals surface area contributed by atoms with Crippen LogP contribution >= 0.6 is 11.6 Å². The molecule has 21 heavy (non-hydrogen) atoms. The van der Waals surface area contributed by atoms with Crippen molar-refractivity contribution in [1.29, 1.82) is 0 Å². The van der Waals surface area contributed by atoms with E-state index in [1.54, 1.807) is 13.0 Å². The van der Waals surface area contributed by atoms with Gasteiger partial charge in [0.1, 0.15) is 6.04 Å². The van der Waals surface area contributed by atoms with E-state index in [-0.39, 0.29) is 17.4 Å². The highest BCUT2D eigenvalue weighted by Crippen LogP contribution is 2.27. The number of carbonyl (C=O) groups is 1. The highest BCUT2D eigenvalue weighted by atomic mass is 35.5. The van der Waals surface area contributed by atoms with Crippen LogP contribution in [0, 0.1) is 6.92 Å². The lowest BCUT2D eigenvalue weighted by molar-refractivity contribution is -0.142. The first-order chi connectivity index (χ1) is 9.83. The van der Waals surface area contributed by atoms with E-state index in [2.05, 4.69) is 9.71 Å². The number of carboxylic acid groups (broad SMARTS) is 1. The summed E-state index contributed by atoms with van der Waals surface area (Å²) in [5, 5.41) is 9.21. The Hall–Kier alpha value is -1.38. The van der Waals surface area contributed by atoms with Crippen LogP contribution in [0.5, 0.6) is 0 Å². The van der Waals surface area contributed by atoms with Crippen LogP contribution in [0.3, 0.4) is 0 Å². The van der Waals surface area contributed by atoms with Crippen LogP contribution in [-0.2, 0) is 15.0 Å². The van der Waals surface area contributed by atoms with Gasteiger partial charge in [0, 0.05) is 12.7 Å². The molecule has 1 unspecified atom stereocenters. The monoisotopic (exact) mass is 333 g/mol. The van der Waals surface area contributed by atoms with Gasteiger partial charge in [0.05, 0.1) is 5.69 Å². The first-order valence-corrected chi connectivity index (χ1v) is 8.28. The molecule has 0 radical (unpaired) electrons. The van der Waals surface area contributed by atoms with Gasteiger partial charge in [0.2, 0.25) is 0 Å². The molecule has 1 aliphatic rings. The van der Waals surface area contributed by atoms with Crippen LogP contribution in [0.2, 0.25) is 5.15 Å². The average molecular weight is 334 g/mol. The number of piperidine rings is 1. The Bertz CT molecular complexity index is 630. The van der Waals surface area contributed by atoms with Crippen molar-refractivity contribution < 1.29 is 18.3 Å². The molecule has 0 aromatic carbocycles. The summed E-state index contributed by atoms with van der Waals surface area (Å²) in [6, 6.07) is 0.571. The summed E-state index contributed by atoms with van der Waals surface area (Å²) in [5.41, 5.74) is 0.788. The fourth-order valence-electron chi connectivity index (χ4n) is 2.27. The van der Waals surface area contributed by atoms with E-state index >= 15 is 0 Å². The summed E-state index contributed by atoms with van der Waals surface area (Å²) in [5.74, 6) is -1.14. The Labute approximate surface area is 128 Å². The standard InChI is InChI=1S/C12H16ClN3O4S/c1-8-5-6-14-11(13)10(8)15-21(19,20)16-7-3-2-4-9(16)12(17)18/h5-6,9,15H,2-4,7H2,1H3,(H,17,18). The van der Waals surface area contributed by atoms with Crippen LogP contribution in [0.4, 0.5) is 5.69 Å². The number of pyridine rings is 1. The van der Waals surface area contributed by atoms with E-state index in [0.29, 0.717) is 24.8 Å². The molecule has 1 saturated heterocycles. The zero-order valence-corrected chi connectivity index (χ0v) is 13.0. The first kappa shape index (κ1) is 16.0. The van der Waals surface area contributed by atoms with Crippen molar-refractivity contribution in [2.45, 2.75) is 32.2 Å². The smallest absolute Gasteiger partial charge is 0.322 e. The fourth-order valence-corrected chi connectivity index (χ4v) is 4.12. The van der Waals surface area contributed by atoms with Gasteiger partial charge in [-0.15, -0.1) is 0 Å². The van der Waals surface area contributed by atoms with Gasteiger partial charge in [-0.3, -0.25) is 9.52 Å². The lowest BCUT2D eigenvalue weighted by Crippen LogP contribution is -2.50. The second kappa shape index (κ2) is 6.17. The van der Waals surface area contributed by atoms with Gasteiger partial charge in [-0.05, 0) is 37.8 Å². The molecule has 9 heteroatoms. The van der Waals surface area contributed by atoms with Crippen LogP contribution in [0.25, 0.3) is 0 Å². The van der Waals surface area contributed by atoms with E-state index in [1.807, 2.05) is 0 Å². The predicted molar refractivity (Wildman–Crippen MR) is 78.5 cm³/mol. The number of nitrogens with one attached hydrogen (secondary N) is 1. The summed E-state index contributed by atoms with van der Waals surface area (Å²) in [7, 11) is -4.00. The maximum atomic E-state index is 12.4. The Kier molecular flexibility index (Phi) is 4.70. The van der Waals surface area contributed by atoms with Crippen molar-refractivity contribution in [3.8, 4) is 0 Å². The molecule has 0 aliphatic carbocycles. The lowest BCUT2D eigenvalue weighted by atomic mass is 10.1. The quantitative estimate of drug-likeness (QED) is 0.816. The number of aliphatic carboxylic acids is 1. The molecule has 0 bridgehead atoms. The highest BCUT2D eigenvalue weighted by Gasteiger charge is 2.37. The second-order valence-electron chi connectivity index (χ2n) is 4.86. The minimum Gasteiger partial charge on any atom is -0.480 e. The van der Waals surface area contributed by atoms with Gasteiger partial charge in [-0.25, -0.2) is 4.98 Å². The average Bonchev–Trinajstić information content (AvgIpc) is 2.43. The van der Waals surface area contributed by atoms with Gasteiger partial charge in [0.15, 0.2) is 5.15 Å². The molecule has 2 heterocycles. The first-order valence-electron chi connectivity index (χ1n) is 6.46. The summed E-state index contributed by atoms with van der Waals surface area (Å²) in [4.78, 5) is 15.1. The number of aromatic nitrogens is 1. The number of aryl methyl sites for hydroxylation is 1. The zero-order chi connectivity index (χ0) is 15.6. The summed E-state index contributed by atoms with van der Waals surface area (Å²) < 4.78 is 28.2. The summed E-state index contributed by atoms with van der Waals surface area (Å²) >= 11 is 5.90. The number of hydrogen-bond acceptors (Lipinski definition) is 4. The third-order valence-corrected chi connectivity index (χ3v) is 5.19. The molecular weight excluding hydrogens is 318 g/mol. The third kappa shape index (κ3) is 3.45. The second-order valence-corrected chi connectivity index (χ2v) is 6.84. The molecule has 2 rings (SSSR count). The number of rotatable bonds is 4. The van der Waals surface area contributed by atoms with E-state index in [0.717, 1.165) is 4.31 Å². The van der Waals surface area contributed by atoms with Crippen LogP contribution in [0.15, 0.2) is 12.3 Å². The van der Waals surface area contributed by atoms with Gasteiger partial charge in [0.25, 0.3) is 0 Å². The van der Waals surface area contributed by atoms with E-state index < -0.39 is 22.2 Å². The normalized spacial score (nSPS) is 20.2. The van der Waals surface area contributed by atoms with E-state index in [1.165, 1.54) is 6.20 Å². The lowest BCUT2D eigenvalue weighted by Gasteiger charge is -2.32. The molecule has 2 N–H and O–H groups in total. The number of carboxylic acids is 1.